The zero-order chi connectivity index (χ0) is 13.0. The molecule has 0 aliphatic carbocycles. The Morgan fingerprint density at radius 1 is 1.39 bits per heavy atom. The highest BCUT2D eigenvalue weighted by atomic mass is 32.2. The van der Waals surface area contributed by atoms with Crippen molar-refractivity contribution in [3.05, 3.63) is 30.5 Å². The number of sulfonamides is 1. The third-order valence-corrected chi connectivity index (χ3v) is 3.59. The van der Waals surface area contributed by atoms with E-state index in [4.69, 9.17) is 0 Å². The molecule has 2 rings (SSSR count). The van der Waals surface area contributed by atoms with Gasteiger partial charge in [0.1, 0.15) is 18.0 Å². The minimum absolute atomic E-state index is 0.0551. The summed E-state index contributed by atoms with van der Waals surface area (Å²) in [7, 11) is -1.92. The summed E-state index contributed by atoms with van der Waals surface area (Å²) in [6, 6.07) is 2.87. The Morgan fingerprint density at radius 2 is 2.22 bits per heavy atom. The van der Waals surface area contributed by atoms with Crippen molar-refractivity contribution in [2.24, 2.45) is 0 Å². The van der Waals surface area contributed by atoms with Gasteiger partial charge in [0.2, 0.25) is 10.0 Å². The summed E-state index contributed by atoms with van der Waals surface area (Å²) in [5.41, 5.74) is 0. The van der Waals surface area contributed by atoms with Gasteiger partial charge in [-0.2, -0.15) is 5.10 Å². The SMILES string of the molecule is CNc1cc(S(=O)(=O)NCc2ncn[nH]2)ccn1. The van der Waals surface area contributed by atoms with Crippen LogP contribution in [0, 0.1) is 0 Å². The molecule has 8 nitrogen and oxygen atoms in total. The first-order valence-electron chi connectivity index (χ1n) is 5.09. The molecule has 2 heterocycles. The van der Waals surface area contributed by atoms with Crippen LogP contribution in [0.4, 0.5) is 5.82 Å². The summed E-state index contributed by atoms with van der Waals surface area (Å²) in [6.07, 6.45) is 2.74. The molecule has 0 unspecified atom stereocenters. The van der Waals surface area contributed by atoms with E-state index < -0.39 is 10.0 Å². The van der Waals surface area contributed by atoms with Gasteiger partial charge < -0.3 is 5.32 Å². The molecule has 2 aromatic rings. The summed E-state index contributed by atoms with van der Waals surface area (Å²) >= 11 is 0. The van der Waals surface area contributed by atoms with Crippen molar-refractivity contribution in [1.29, 1.82) is 0 Å². The van der Waals surface area contributed by atoms with E-state index in [-0.39, 0.29) is 11.4 Å². The minimum atomic E-state index is -3.59. The number of anilines is 1. The summed E-state index contributed by atoms with van der Waals surface area (Å²) in [6.45, 7) is 0.0551. The number of aromatic nitrogens is 4. The Kier molecular flexibility index (Phi) is 3.53. The standard InChI is InChI=1S/C9H12N6O2S/c1-10-8-4-7(2-3-11-8)18(16,17)14-5-9-12-6-13-15-9/h2-4,6,14H,5H2,1H3,(H,10,11)(H,12,13,15). The van der Waals surface area contributed by atoms with Gasteiger partial charge in [0.05, 0.1) is 11.4 Å². The largest absolute Gasteiger partial charge is 0.373 e. The third kappa shape index (κ3) is 2.81. The van der Waals surface area contributed by atoms with Crippen molar-refractivity contribution in [3.8, 4) is 0 Å². The maximum Gasteiger partial charge on any atom is 0.241 e. The Bertz CT molecular complexity index is 610. The monoisotopic (exact) mass is 268 g/mol. The molecule has 0 saturated heterocycles. The fourth-order valence-corrected chi connectivity index (χ4v) is 2.28. The Hall–Kier alpha value is -2.00. The molecular weight excluding hydrogens is 256 g/mol. The first-order chi connectivity index (χ1) is 8.62. The molecule has 0 saturated carbocycles. The van der Waals surface area contributed by atoms with E-state index in [1.165, 1.54) is 24.7 Å². The van der Waals surface area contributed by atoms with Gasteiger partial charge in [-0.25, -0.2) is 23.1 Å². The van der Waals surface area contributed by atoms with Gasteiger partial charge in [0.15, 0.2) is 0 Å². The van der Waals surface area contributed by atoms with E-state index in [0.717, 1.165) is 0 Å². The van der Waals surface area contributed by atoms with Gasteiger partial charge in [-0.3, -0.25) is 5.10 Å². The number of hydrogen-bond acceptors (Lipinski definition) is 6. The average molecular weight is 268 g/mol. The van der Waals surface area contributed by atoms with Gasteiger partial charge in [-0.05, 0) is 6.07 Å². The second kappa shape index (κ2) is 5.10. The lowest BCUT2D eigenvalue weighted by molar-refractivity contribution is 0.579. The first kappa shape index (κ1) is 12.5. The van der Waals surface area contributed by atoms with E-state index in [1.54, 1.807) is 7.05 Å². The van der Waals surface area contributed by atoms with E-state index in [0.29, 0.717) is 11.6 Å². The number of aromatic amines is 1. The molecule has 18 heavy (non-hydrogen) atoms. The lowest BCUT2D eigenvalue weighted by Gasteiger charge is -2.06. The molecular formula is C9H12N6O2S. The maximum absolute atomic E-state index is 12.0. The molecule has 0 amide bonds. The third-order valence-electron chi connectivity index (χ3n) is 2.19. The topological polar surface area (TPSA) is 113 Å². The van der Waals surface area contributed by atoms with Crippen LogP contribution in [0.1, 0.15) is 5.82 Å². The second-order valence-corrected chi connectivity index (χ2v) is 5.15. The van der Waals surface area contributed by atoms with Crippen LogP contribution in [-0.4, -0.2) is 35.6 Å². The van der Waals surface area contributed by atoms with Crippen LogP contribution in [0.5, 0.6) is 0 Å². The molecule has 0 radical (unpaired) electrons. The van der Waals surface area contributed by atoms with Crippen LogP contribution in [0.2, 0.25) is 0 Å². The lowest BCUT2D eigenvalue weighted by Crippen LogP contribution is -2.24. The fraction of sp³-hybridized carbons (Fsp3) is 0.222. The first-order valence-corrected chi connectivity index (χ1v) is 6.58. The van der Waals surface area contributed by atoms with Crippen LogP contribution in [0.15, 0.2) is 29.6 Å². The van der Waals surface area contributed by atoms with Crippen molar-refractivity contribution in [3.63, 3.8) is 0 Å². The molecule has 0 fully saturated rings. The number of pyridine rings is 1. The molecule has 0 atom stereocenters. The van der Waals surface area contributed by atoms with Crippen molar-refractivity contribution < 1.29 is 8.42 Å². The van der Waals surface area contributed by atoms with E-state index >= 15 is 0 Å². The highest BCUT2D eigenvalue weighted by molar-refractivity contribution is 7.89. The van der Waals surface area contributed by atoms with Gasteiger partial charge in [0, 0.05) is 19.3 Å². The zero-order valence-corrected chi connectivity index (χ0v) is 10.4. The van der Waals surface area contributed by atoms with E-state index in [9.17, 15) is 8.42 Å². The summed E-state index contributed by atoms with van der Waals surface area (Å²) in [5, 5.41) is 8.98. The van der Waals surface area contributed by atoms with E-state index in [2.05, 4.69) is 30.2 Å². The fourth-order valence-electron chi connectivity index (χ4n) is 1.28. The highest BCUT2D eigenvalue weighted by Crippen LogP contribution is 2.12. The summed E-state index contributed by atoms with van der Waals surface area (Å²) in [5.74, 6) is 0.930. The second-order valence-electron chi connectivity index (χ2n) is 3.38. The summed E-state index contributed by atoms with van der Waals surface area (Å²) < 4.78 is 26.3. The minimum Gasteiger partial charge on any atom is -0.373 e. The Labute approximate surface area is 104 Å². The molecule has 0 aliphatic rings. The molecule has 0 spiro atoms. The predicted molar refractivity (Wildman–Crippen MR) is 64.2 cm³/mol. The van der Waals surface area contributed by atoms with Crippen molar-refractivity contribution in [2.45, 2.75) is 11.4 Å². The van der Waals surface area contributed by atoms with Gasteiger partial charge in [0.25, 0.3) is 0 Å². The molecule has 0 bridgehead atoms. The van der Waals surface area contributed by atoms with Crippen LogP contribution >= 0.6 is 0 Å². The Balaban J connectivity index is 2.14. The van der Waals surface area contributed by atoms with Gasteiger partial charge in [-0.15, -0.1) is 0 Å². The molecule has 96 valence electrons. The smallest absolute Gasteiger partial charge is 0.241 e. The molecule has 3 N–H and O–H groups in total. The quantitative estimate of drug-likeness (QED) is 0.687. The normalized spacial score (nSPS) is 11.4. The molecule has 0 aromatic carbocycles. The van der Waals surface area contributed by atoms with Crippen molar-refractivity contribution in [1.82, 2.24) is 24.9 Å². The molecule has 9 heteroatoms. The van der Waals surface area contributed by atoms with Gasteiger partial charge in [-0.1, -0.05) is 0 Å². The van der Waals surface area contributed by atoms with Crippen LogP contribution < -0.4 is 10.0 Å². The highest BCUT2D eigenvalue weighted by Gasteiger charge is 2.14. The number of nitrogens with zero attached hydrogens (tertiary/aromatic N) is 3. The summed E-state index contributed by atoms with van der Waals surface area (Å²) in [4.78, 5) is 7.92. The van der Waals surface area contributed by atoms with Crippen LogP contribution in [0.3, 0.4) is 0 Å². The average Bonchev–Trinajstić information content (AvgIpc) is 2.90. The number of H-pyrrole nitrogens is 1. The van der Waals surface area contributed by atoms with E-state index in [1.807, 2.05) is 0 Å². The number of nitrogens with one attached hydrogen (secondary N) is 3. The zero-order valence-electron chi connectivity index (χ0n) is 9.58. The van der Waals surface area contributed by atoms with Crippen molar-refractivity contribution >= 4 is 15.8 Å². The van der Waals surface area contributed by atoms with Crippen molar-refractivity contribution in [2.75, 3.05) is 12.4 Å². The number of rotatable bonds is 5. The lowest BCUT2D eigenvalue weighted by atomic mass is 10.5. The van der Waals surface area contributed by atoms with Crippen LogP contribution in [0.25, 0.3) is 0 Å². The van der Waals surface area contributed by atoms with Gasteiger partial charge >= 0.3 is 0 Å². The van der Waals surface area contributed by atoms with Crippen LogP contribution in [-0.2, 0) is 16.6 Å². The predicted octanol–water partition coefficient (Wildman–Crippen LogP) is -0.280. The molecule has 2 aromatic heterocycles. The Morgan fingerprint density at radius 3 is 2.89 bits per heavy atom. The number of hydrogen-bond donors (Lipinski definition) is 3. The molecule has 0 aliphatic heterocycles. The maximum atomic E-state index is 12.0.